The van der Waals surface area contributed by atoms with Gasteiger partial charge in [-0.05, 0) is 48.5 Å². The minimum atomic E-state index is 0.671. The summed E-state index contributed by atoms with van der Waals surface area (Å²) >= 11 is 0. The molecule has 0 aliphatic heterocycles. The summed E-state index contributed by atoms with van der Waals surface area (Å²) in [5.74, 6) is 0. The summed E-state index contributed by atoms with van der Waals surface area (Å²) in [6.07, 6.45) is 5.14. The fraction of sp³-hybridized carbons (Fsp3) is 0. The lowest BCUT2D eigenvalue weighted by Crippen LogP contribution is -1.94. The van der Waals surface area contributed by atoms with Crippen molar-refractivity contribution in [3.8, 4) is 5.69 Å². The van der Waals surface area contributed by atoms with E-state index >= 15 is 0 Å². The summed E-state index contributed by atoms with van der Waals surface area (Å²) in [7, 11) is 0. The number of fused-ring (bicyclic) bond motifs is 2. The highest BCUT2D eigenvalue weighted by atomic mass is 16.1. The molecule has 0 amide bonds. The maximum atomic E-state index is 10.7. The zero-order valence-electron chi connectivity index (χ0n) is 14.8. The van der Waals surface area contributed by atoms with Gasteiger partial charge in [-0.1, -0.05) is 18.2 Å². The van der Waals surface area contributed by atoms with Crippen molar-refractivity contribution in [1.29, 1.82) is 0 Å². The normalized spacial score (nSPS) is 10.4. The van der Waals surface area contributed by atoms with Crippen molar-refractivity contribution in [1.82, 2.24) is 20.0 Å². The monoisotopic (exact) mass is 368 g/mol. The Morgan fingerprint density at radius 3 is 2.25 bits per heavy atom. The number of nitrogens with one attached hydrogen (secondary N) is 1. The average Bonchev–Trinajstić information content (AvgIpc) is 3.40. The third kappa shape index (κ3) is 3.43. The van der Waals surface area contributed by atoms with Crippen molar-refractivity contribution in [3.63, 3.8) is 0 Å². The first-order chi connectivity index (χ1) is 13.8. The van der Waals surface area contributed by atoms with Crippen LogP contribution in [0.3, 0.4) is 0 Å². The third-order valence-corrected chi connectivity index (χ3v) is 4.33. The highest BCUT2D eigenvalue weighted by Crippen LogP contribution is 2.18. The van der Waals surface area contributed by atoms with Crippen molar-refractivity contribution in [2.24, 2.45) is 0 Å². The topological polar surface area (TPSA) is 80.6 Å². The molecule has 6 heteroatoms. The third-order valence-electron chi connectivity index (χ3n) is 4.33. The molecular weight excluding hydrogens is 352 g/mol. The average molecular weight is 368 g/mol. The molecule has 0 saturated carbocycles. The molecule has 5 aromatic rings. The van der Waals surface area contributed by atoms with E-state index in [1.807, 2.05) is 53.2 Å². The number of H-pyrrole nitrogens is 1. The number of aromatic nitrogens is 4. The van der Waals surface area contributed by atoms with Crippen LogP contribution in [0.15, 0.2) is 79.1 Å². The van der Waals surface area contributed by atoms with E-state index in [0.717, 1.165) is 40.1 Å². The Hall–Kier alpha value is -4.06. The summed E-state index contributed by atoms with van der Waals surface area (Å²) in [5.41, 5.74) is 4.32. The van der Waals surface area contributed by atoms with Gasteiger partial charge in [0.1, 0.15) is 12.6 Å². The number of aldehydes is 2. The summed E-state index contributed by atoms with van der Waals surface area (Å²) in [6.45, 7) is 0. The highest BCUT2D eigenvalue weighted by molar-refractivity contribution is 5.87. The van der Waals surface area contributed by atoms with Crippen LogP contribution >= 0.6 is 0 Å². The SMILES string of the molecule is O=Cc1ccc2[nH]ncc2c1.O=Cc1ccc2c(cnn2-c2ccccc2)c1. The van der Waals surface area contributed by atoms with Gasteiger partial charge in [-0.3, -0.25) is 14.7 Å². The van der Waals surface area contributed by atoms with E-state index in [9.17, 15) is 9.59 Å². The Balaban J connectivity index is 0.000000151. The molecule has 0 radical (unpaired) electrons. The van der Waals surface area contributed by atoms with Crippen LogP contribution in [0.4, 0.5) is 0 Å². The minimum absolute atomic E-state index is 0.671. The van der Waals surface area contributed by atoms with Crippen molar-refractivity contribution in [2.75, 3.05) is 0 Å². The van der Waals surface area contributed by atoms with Gasteiger partial charge in [-0.2, -0.15) is 10.2 Å². The van der Waals surface area contributed by atoms with E-state index in [1.54, 1.807) is 30.6 Å². The lowest BCUT2D eigenvalue weighted by atomic mass is 10.2. The Morgan fingerprint density at radius 1 is 0.786 bits per heavy atom. The van der Waals surface area contributed by atoms with Crippen LogP contribution in [-0.2, 0) is 0 Å². The summed E-state index contributed by atoms with van der Waals surface area (Å²) in [5, 5.41) is 12.9. The van der Waals surface area contributed by atoms with Gasteiger partial charge in [0.25, 0.3) is 0 Å². The highest BCUT2D eigenvalue weighted by Gasteiger charge is 2.04. The minimum Gasteiger partial charge on any atom is -0.298 e. The van der Waals surface area contributed by atoms with Gasteiger partial charge in [-0.15, -0.1) is 0 Å². The molecule has 0 aliphatic carbocycles. The van der Waals surface area contributed by atoms with Crippen LogP contribution in [0.1, 0.15) is 20.7 Å². The zero-order chi connectivity index (χ0) is 19.3. The van der Waals surface area contributed by atoms with E-state index in [-0.39, 0.29) is 0 Å². The smallest absolute Gasteiger partial charge is 0.150 e. The van der Waals surface area contributed by atoms with Crippen LogP contribution in [0.2, 0.25) is 0 Å². The van der Waals surface area contributed by atoms with Crippen LogP contribution in [-0.4, -0.2) is 32.6 Å². The van der Waals surface area contributed by atoms with E-state index in [4.69, 9.17) is 0 Å². The van der Waals surface area contributed by atoms with Crippen molar-refractivity contribution < 1.29 is 9.59 Å². The van der Waals surface area contributed by atoms with E-state index in [0.29, 0.717) is 11.1 Å². The second kappa shape index (κ2) is 7.67. The summed E-state index contributed by atoms with van der Waals surface area (Å²) < 4.78 is 1.86. The molecule has 1 N–H and O–H groups in total. The van der Waals surface area contributed by atoms with Gasteiger partial charge in [0.15, 0.2) is 0 Å². The second-order valence-electron chi connectivity index (χ2n) is 6.16. The van der Waals surface area contributed by atoms with Gasteiger partial charge < -0.3 is 0 Å². The predicted octanol–water partition coefficient (Wildman–Crippen LogP) is 4.21. The predicted molar refractivity (Wildman–Crippen MR) is 108 cm³/mol. The first-order valence-corrected chi connectivity index (χ1v) is 8.65. The molecule has 2 heterocycles. The van der Waals surface area contributed by atoms with E-state index in [2.05, 4.69) is 15.3 Å². The fourth-order valence-electron chi connectivity index (χ4n) is 2.93. The molecule has 6 nitrogen and oxygen atoms in total. The van der Waals surface area contributed by atoms with Gasteiger partial charge in [0.05, 0.1) is 29.1 Å². The maximum Gasteiger partial charge on any atom is 0.150 e. The lowest BCUT2D eigenvalue weighted by Gasteiger charge is -2.02. The Morgan fingerprint density at radius 2 is 1.50 bits per heavy atom. The zero-order valence-corrected chi connectivity index (χ0v) is 14.8. The van der Waals surface area contributed by atoms with Crippen LogP contribution in [0, 0.1) is 0 Å². The molecule has 5 rings (SSSR count). The van der Waals surface area contributed by atoms with Crippen LogP contribution in [0.5, 0.6) is 0 Å². The van der Waals surface area contributed by atoms with Gasteiger partial charge in [0.2, 0.25) is 0 Å². The van der Waals surface area contributed by atoms with Crippen LogP contribution in [0.25, 0.3) is 27.5 Å². The molecule has 0 unspecified atom stereocenters. The molecule has 0 bridgehead atoms. The molecule has 0 fully saturated rings. The molecule has 0 aliphatic rings. The Bertz CT molecular complexity index is 1260. The first kappa shape index (κ1) is 17.4. The number of carbonyl (C=O) groups excluding carboxylic acids is 2. The maximum absolute atomic E-state index is 10.7. The number of para-hydroxylation sites is 1. The molecular formula is C22H16N4O2. The van der Waals surface area contributed by atoms with Crippen molar-refractivity contribution >= 4 is 34.4 Å². The second-order valence-corrected chi connectivity index (χ2v) is 6.16. The largest absolute Gasteiger partial charge is 0.298 e. The lowest BCUT2D eigenvalue weighted by molar-refractivity contribution is 0.111. The number of hydrogen-bond donors (Lipinski definition) is 1. The summed E-state index contributed by atoms with van der Waals surface area (Å²) in [6, 6.07) is 20.9. The van der Waals surface area contributed by atoms with Gasteiger partial charge >= 0.3 is 0 Å². The number of nitrogens with zero attached hydrogens (tertiary/aromatic N) is 3. The quantitative estimate of drug-likeness (QED) is 0.484. The summed E-state index contributed by atoms with van der Waals surface area (Å²) in [4.78, 5) is 21.0. The number of benzene rings is 3. The molecule has 2 aromatic heterocycles. The number of carbonyl (C=O) groups is 2. The van der Waals surface area contributed by atoms with Gasteiger partial charge in [0, 0.05) is 21.9 Å². The van der Waals surface area contributed by atoms with Crippen molar-refractivity contribution in [3.05, 3.63) is 90.3 Å². The number of aromatic amines is 1. The number of hydrogen-bond acceptors (Lipinski definition) is 4. The molecule has 0 atom stereocenters. The van der Waals surface area contributed by atoms with E-state index < -0.39 is 0 Å². The standard InChI is InChI=1S/C14H10N2O.C8H6N2O/c17-10-11-6-7-14-12(8-11)9-15-16(14)13-4-2-1-3-5-13;11-5-6-1-2-8-7(3-6)4-9-10-8/h1-10H;1-5H,(H,9,10). The molecule has 3 aromatic carbocycles. The van der Waals surface area contributed by atoms with Gasteiger partial charge in [-0.25, -0.2) is 4.68 Å². The first-order valence-electron chi connectivity index (χ1n) is 8.65. The van der Waals surface area contributed by atoms with Crippen LogP contribution < -0.4 is 0 Å². The molecule has 0 spiro atoms. The molecule has 136 valence electrons. The fourth-order valence-corrected chi connectivity index (χ4v) is 2.93. The molecule has 28 heavy (non-hydrogen) atoms. The Labute approximate surface area is 160 Å². The molecule has 0 saturated heterocycles. The van der Waals surface area contributed by atoms with Crippen molar-refractivity contribution in [2.45, 2.75) is 0 Å². The number of rotatable bonds is 3. The Kier molecular flexibility index (Phi) is 4.76. The van der Waals surface area contributed by atoms with E-state index in [1.165, 1.54) is 0 Å².